The predicted octanol–water partition coefficient (Wildman–Crippen LogP) is 5.27. The molecule has 0 bridgehead atoms. The van der Waals surface area contributed by atoms with Gasteiger partial charge in [0, 0.05) is 23.2 Å². The van der Waals surface area contributed by atoms with E-state index in [9.17, 15) is 8.78 Å². The van der Waals surface area contributed by atoms with Crippen LogP contribution in [0.25, 0.3) is 10.9 Å². The number of benzene rings is 2. The van der Waals surface area contributed by atoms with E-state index in [0.717, 1.165) is 17.0 Å². The van der Waals surface area contributed by atoms with Gasteiger partial charge in [-0.05, 0) is 35.9 Å². The first-order chi connectivity index (χ1) is 9.54. The zero-order valence-corrected chi connectivity index (χ0v) is 11.7. The van der Waals surface area contributed by atoms with Crippen LogP contribution in [0.4, 0.5) is 8.78 Å². The van der Waals surface area contributed by atoms with E-state index in [1.807, 2.05) is 16.8 Å². The van der Waals surface area contributed by atoms with Gasteiger partial charge < -0.3 is 4.57 Å². The summed E-state index contributed by atoms with van der Waals surface area (Å²) in [5.41, 5.74) is 1.52. The summed E-state index contributed by atoms with van der Waals surface area (Å²) in [6.45, 7) is 0.414. The summed E-state index contributed by atoms with van der Waals surface area (Å²) in [5, 5.41) is 1.97. The number of halogens is 4. The molecule has 0 saturated heterocycles. The maximum absolute atomic E-state index is 13.2. The molecule has 20 heavy (non-hydrogen) atoms. The first kappa shape index (κ1) is 13.4. The minimum Gasteiger partial charge on any atom is -0.343 e. The van der Waals surface area contributed by atoms with Crippen molar-refractivity contribution in [2.45, 2.75) is 6.54 Å². The van der Waals surface area contributed by atoms with E-state index in [4.69, 9.17) is 23.2 Å². The Kier molecular flexibility index (Phi) is 3.40. The van der Waals surface area contributed by atoms with Crippen molar-refractivity contribution in [3.05, 3.63) is 69.8 Å². The lowest BCUT2D eigenvalue weighted by Gasteiger charge is -2.07. The summed E-state index contributed by atoms with van der Waals surface area (Å²) in [7, 11) is 0. The molecule has 5 heteroatoms. The van der Waals surface area contributed by atoms with E-state index in [1.54, 1.807) is 18.2 Å². The summed E-state index contributed by atoms with van der Waals surface area (Å²) in [4.78, 5) is 0. The van der Waals surface area contributed by atoms with Gasteiger partial charge in [-0.15, -0.1) is 0 Å². The summed E-state index contributed by atoms with van der Waals surface area (Å²) in [6, 6.07) is 9.20. The van der Waals surface area contributed by atoms with E-state index >= 15 is 0 Å². The van der Waals surface area contributed by atoms with Gasteiger partial charge in [0.15, 0.2) is 11.6 Å². The molecule has 0 spiro atoms. The fourth-order valence-corrected chi connectivity index (χ4v) is 2.74. The van der Waals surface area contributed by atoms with Crippen LogP contribution in [-0.4, -0.2) is 4.57 Å². The maximum atomic E-state index is 13.2. The Morgan fingerprint density at radius 2 is 1.75 bits per heavy atom. The molecule has 0 aliphatic rings. The van der Waals surface area contributed by atoms with Crippen LogP contribution in [0.5, 0.6) is 0 Å². The van der Waals surface area contributed by atoms with Gasteiger partial charge in [0.1, 0.15) is 0 Å². The van der Waals surface area contributed by atoms with Crippen molar-refractivity contribution < 1.29 is 8.78 Å². The van der Waals surface area contributed by atoms with E-state index in [0.29, 0.717) is 22.2 Å². The normalized spacial score (nSPS) is 11.2. The SMILES string of the molecule is Fc1ccc(Cn2ccc3c(Cl)cc(Cl)cc32)cc1F. The van der Waals surface area contributed by atoms with Crippen molar-refractivity contribution in [1.82, 2.24) is 4.57 Å². The molecule has 0 aliphatic heterocycles. The van der Waals surface area contributed by atoms with Crippen LogP contribution >= 0.6 is 23.2 Å². The van der Waals surface area contributed by atoms with Gasteiger partial charge in [-0.1, -0.05) is 29.3 Å². The van der Waals surface area contributed by atoms with Crippen LogP contribution < -0.4 is 0 Å². The van der Waals surface area contributed by atoms with Crippen molar-refractivity contribution in [3.63, 3.8) is 0 Å². The van der Waals surface area contributed by atoms with Gasteiger partial charge in [0.2, 0.25) is 0 Å². The van der Waals surface area contributed by atoms with E-state index < -0.39 is 11.6 Å². The molecule has 3 aromatic rings. The molecular formula is C15H9Cl2F2N. The van der Waals surface area contributed by atoms with E-state index in [-0.39, 0.29) is 0 Å². The van der Waals surface area contributed by atoms with Gasteiger partial charge in [0.05, 0.1) is 10.5 Å². The monoisotopic (exact) mass is 311 g/mol. The molecule has 0 atom stereocenters. The van der Waals surface area contributed by atoms with Crippen LogP contribution in [0.1, 0.15) is 5.56 Å². The largest absolute Gasteiger partial charge is 0.343 e. The highest BCUT2D eigenvalue weighted by Gasteiger charge is 2.08. The molecule has 0 unspecified atom stereocenters. The number of aromatic nitrogens is 1. The van der Waals surface area contributed by atoms with E-state index in [1.165, 1.54) is 6.07 Å². The topological polar surface area (TPSA) is 4.93 Å². The third kappa shape index (κ3) is 2.39. The van der Waals surface area contributed by atoms with Crippen LogP contribution in [0, 0.1) is 11.6 Å². The highest BCUT2D eigenvalue weighted by Crippen LogP contribution is 2.29. The van der Waals surface area contributed by atoms with Gasteiger partial charge in [-0.3, -0.25) is 0 Å². The second-order valence-corrected chi connectivity index (χ2v) is 5.36. The third-order valence-corrected chi connectivity index (χ3v) is 3.67. The average molecular weight is 312 g/mol. The van der Waals surface area contributed by atoms with Crippen LogP contribution in [-0.2, 0) is 6.54 Å². The first-order valence-corrected chi connectivity index (χ1v) is 6.68. The van der Waals surface area contributed by atoms with Gasteiger partial charge in [-0.2, -0.15) is 0 Å². The highest BCUT2D eigenvalue weighted by molar-refractivity contribution is 6.38. The lowest BCUT2D eigenvalue weighted by molar-refractivity contribution is 0.506. The fourth-order valence-electron chi connectivity index (χ4n) is 2.19. The molecule has 2 aromatic carbocycles. The van der Waals surface area contributed by atoms with Crippen LogP contribution in [0.3, 0.4) is 0 Å². The standard InChI is InChI=1S/C15H9Cl2F2N/c16-10-6-12(17)11-3-4-20(15(11)7-10)8-9-1-2-13(18)14(19)5-9/h1-7H,8H2. The molecular weight excluding hydrogens is 303 g/mol. The molecule has 1 nitrogen and oxygen atoms in total. The molecule has 0 saturated carbocycles. The molecule has 0 fully saturated rings. The molecule has 0 amide bonds. The predicted molar refractivity (Wildman–Crippen MR) is 77.4 cm³/mol. The fraction of sp³-hybridized carbons (Fsp3) is 0.0667. The second kappa shape index (κ2) is 5.08. The zero-order chi connectivity index (χ0) is 14.3. The summed E-state index contributed by atoms with van der Waals surface area (Å²) in [6.07, 6.45) is 1.84. The molecule has 102 valence electrons. The molecule has 3 rings (SSSR count). The van der Waals surface area contributed by atoms with Crippen molar-refractivity contribution in [3.8, 4) is 0 Å². The summed E-state index contributed by atoms with van der Waals surface area (Å²) in [5.74, 6) is -1.70. The smallest absolute Gasteiger partial charge is 0.159 e. The maximum Gasteiger partial charge on any atom is 0.159 e. The number of hydrogen-bond acceptors (Lipinski definition) is 0. The van der Waals surface area contributed by atoms with Crippen molar-refractivity contribution in [2.24, 2.45) is 0 Å². The lowest BCUT2D eigenvalue weighted by atomic mass is 10.2. The van der Waals surface area contributed by atoms with Gasteiger partial charge >= 0.3 is 0 Å². The van der Waals surface area contributed by atoms with Crippen molar-refractivity contribution >= 4 is 34.1 Å². The Labute approximate surface area is 124 Å². The van der Waals surface area contributed by atoms with Crippen molar-refractivity contribution in [2.75, 3.05) is 0 Å². The van der Waals surface area contributed by atoms with Crippen molar-refractivity contribution in [1.29, 1.82) is 0 Å². The molecule has 1 aromatic heterocycles. The molecule has 0 aliphatic carbocycles. The average Bonchev–Trinajstić information content (AvgIpc) is 2.77. The number of fused-ring (bicyclic) bond motifs is 1. The Balaban J connectivity index is 2.04. The Morgan fingerprint density at radius 1 is 0.950 bits per heavy atom. The van der Waals surface area contributed by atoms with Gasteiger partial charge in [0.25, 0.3) is 0 Å². The highest BCUT2D eigenvalue weighted by atomic mass is 35.5. The second-order valence-electron chi connectivity index (χ2n) is 4.51. The molecule has 0 radical (unpaired) electrons. The molecule has 1 heterocycles. The van der Waals surface area contributed by atoms with Crippen LogP contribution in [0.2, 0.25) is 10.0 Å². The third-order valence-electron chi connectivity index (χ3n) is 3.14. The number of rotatable bonds is 2. The van der Waals surface area contributed by atoms with Gasteiger partial charge in [-0.25, -0.2) is 8.78 Å². The number of nitrogens with zero attached hydrogens (tertiary/aromatic N) is 1. The minimum atomic E-state index is -0.852. The quantitative estimate of drug-likeness (QED) is 0.607. The van der Waals surface area contributed by atoms with E-state index in [2.05, 4.69) is 0 Å². The Bertz CT molecular complexity index is 796. The lowest BCUT2D eigenvalue weighted by Crippen LogP contribution is -1.99. The minimum absolute atomic E-state index is 0.414. The Hall–Kier alpha value is -1.58. The Morgan fingerprint density at radius 3 is 2.50 bits per heavy atom. The number of hydrogen-bond donors (Lipinski definition) is 0. The van der Waals surface area contributed by atoms with Crippen LogP contribution in [0.15, 0.2) is 42.6 Å². The molecule has 0 N–H and O–H groups in total. The summed E-state index contributed by atoms with van der Waals surface area (Å²) >= 11 is 12.1. The zero-order valence-electron chi connectivity index (χ0n) is 10.2. The summed E-state index contributed by atoms with van der Waals surface area (Å²) < 4.78 is 28.0. The first-order valence-electron chi connectivity index (χ1n) is 5.92.